The van der Waals surface area contributed by atoms with Crippen LogP contribution in [-0.4, -0.2) is 22.1 Å². The van der Waals surface area contributed by atoms with Crippen molar-refractivity contribution in [3.05, 3.63) is 34.6 Å². The lowest BCUT2D eigenvalue weighted by Gasteiger charge is -2.19. The van der Waals surface area contributed by atoms with Crippen LogP contribution >= 0.6 is 11.6 Å². The van der Waals surface area contributed by atoms with Crippen molar-refractivity contribution in [3.8, 4) is 0 Å². The normalized spacial score (nSPS) is 13.6. The number of hydrogen-bond donors (Lipinski definition) is 2. The number of halogens is 4. The summed E-state index contributed by atoms with van der Waals surface area (Å²) >= 11 is 5.41. The molecule has 0 radical (unpaired) electrons. The highest BCUT2D eigenvalue weighted by Crippen LogP contribution is 2.35. The summed E-state index contributed by atoms with van der Waals surface area (Å²) in [6, 6.07) is 2.31. The van der Waals surface area contributed by atoms with Gasteiger partial charge in [0.05, 0.1) is 0 Å². The predicted octanol–water partition coefficient (Wildman–Crippen LogP) is 2.23. The van der Waals surface area contributed by atoms with Crippen molar-refractivity contribution in [2.45, 2.75) is 12.0 Å². The van der Waals surface area contributed by atoms with Gasteiger partial charge in [-0.25, -0.2) is 9.18 Å². The van der Waals surface area contributed by atoms with E-state index in [0.29, 0.717) is 6.07 Å². The highest BCUT2D eigenvalue weighted by molar-refractivity contribution is 6.31. The van der Waals surface area contributed by atoms with Crippen molar-refractivity contribution in [1.29, 1.82) is 0 Å². The number of rotatable bonds is 3. The molecule has 0 saturated carbocycles. The van der Waals surface area contributed by atoms with Crippen molar-refractivity contribution in [3.63, 3.8) is 0 Å². The molecule has 1 aromatic carbocycles. The molecule has 0 aliphatic heterocycles. The quantitative estimate of drug-likeness (QED) is 0.870. The standard InChI is InChI=1S/C9H6ClF3O3/c10-6-3-4(11)1-2-5(6)7(14)9(12,13)8(15)16/h1-3,7,14H,(H,15,16). The first-order valence-electron chi connectivity index (χ1n) is 4.01. The minimum atomic E-state index is -4.39. The zero-order valence-corrected chi connectivity index (χ0v) is 8.38. The average Bonchev–Trinajstić information content (AvgIpc) is 2.16. The van der Waals surface area contributed by atoms with Gasteiger partial charge in [0.15, 0.2) is 6.10 Å². The maximum Gasteiger partial charge on any atom is 0.377 e. The minimum absolute atomic E-state index is 0.464. The van der Waals surface area contributed by atoms with Crippen molar-refractivity contribution in [1.82, 2.24) is 0 Å². The van der Waals surface area contributed by atoms with Gasteiger partial charge in [0.25, 0.3) is 0 Å². The molecule has 0 aliphatic rings. The number of carboxylic acid groups (broad SMARTS) is 1. The van der Waals surface area contributed by atoms with E-state index in [9.17, 15) is 18.0 Å². The molecule has 1 unspecified atom stereocenters. The van der Waals surface area contributed by atoms with Crippen LogP contribution in [0.1, 0.15) is 11.7 Å². The van der Waals surface area contributed by atoms with Crippen molar-refractivity contribution in [2.24, 2.45) is 0 Å². The van der Waals surface area contributed by atoms with Gasteiger partial charge in [-0.2, -0.15) is 8.78 Å². The SMILES string of the molecule is O=C(O)C(F)(F)C(O)c1ccc(F)cc1Cl. The summed E-state index contributed by atoms with van der Waals surface area (Å²) in [4.78, 5) is 10.2. The molecule has 0 aliphatic carbocycles. The Bertz CT molecular complexity index is 422. The van der Waals surface area contributed by atoms with Crippen LogP contribution in [0.15, 0.2) is 18.2 Å². The van der Waals surface area contributed by atoms with E-state index in [2.05, 4.69) is 0 Å². The van der Waals surface area contributed by atoms with Crippen LogP contribution in [-0.2, 0) is 4.79 Å². The summed E-state index contributed by atoms with van der Waals surface area (Å²) in [5.74, 6) is -7.65. The zero-order chi connectivity index (χ0) is 12.5. The monoisotopic (exact) mass is 254 g/mol. The summed E-state index contributed by atoms with van der Waals surface area (Å²) in [5, 5.41) is 16.9. The van der Waals surface area contributed by atoms with Gasteiger partial charge in [-0.05, 0) is 12.1 Å². The highest BCUT2D eigenvalue weighted by Gasteiger charge is 2.48. The Hall–Kier alpha value is -1.27. The lowest BCUT2D eigenvalue weighted by Crippen LogP contribution is -2.35. The van der Waals surface area contributed by atoms with Gasteiger partial charge in [-0.1, -0.05) is 17.7 Å². The second kappa shape index (κ2) is 4.31. The van der Waals surface area contributed by atoms with E-state index in [1.54, 1.807) is 0 Å². The van der Waals surface area contributed by atoms with E-state index >= 15 is 0 Å². The molecule has 16 heavy (non-hydrogen) atoms. The summed E-state index contributed by atoms with van der Waals surface area (Å²) in [5.41, 5.74) is -0.546. The molecular formula is C9H6ClF3O3. The van der Waals surface area contributed by atoms with Crippen LogP contribution in [0.25, 0.3) is 0 Å². The van der Waals surface area contributed by atoms with E-state index < -0.39 is 34.4 Å². The van der Waals surface area contributed by atoms with E-state index in [4.69, 9.17) is 21.8 Å². The van der Waals surface area contributed by atoms with Crippen molar-refractivity contribution in [2.75, 3.05) is 0 Å². The lowest BCUT2D eigenvalue weighted by atomic mass is 10.0. The first-order chi connectivity index (χ1) is 7.26. The molecule has 1 rings (SSSR count). The van der Waals surface area contributed by atoms with Crippen LogP contribution in [0.2, 0.25) is 5.02 Å². The first kappa shape index (κ1) is 12.8. The number of aliphatic hydroxyl groups excluding tert-OH is 1. The smallest absolute Gasteiger partial charge is 0.377 e. The van der Waals surface area contributed by atoms with Crippen LogP contribution in [0.3, 0.4) is 0 Å². The van der Waals surface area contributed by atoms with Crippen molar-refractivity contribution >= 4 is 17.6 Å². The molecule has 1 aromatic rings. The zero-order valence-electron chi connectivity index (χ0n) is 7.62. The third kappa shape index (κ3) is 2.28. The molecule has 0 heterocycles. The number of aliphatic hydroxyl groups is 1. The molecule has 1 atom stereocenters. The number of carboxylic acids is 1. The Morgan fingerprint density at radius 2 is 2.00 bits per heavy atom. The van der Waals surface area contributed by atoms with E-state index in [1.807, 2.05) is 0 Å². The van der Waals surface area contributed by atoms with Gasteiger partial charge in [0.2, 0.25) is 0 Å². The van der Waals surface area contributed by atoms with Gasteiger partial charge in [-0.3, -0.25) is 0 Å². The Labute approximate surface area is 93.1 Å². The summed E-state index contributed by atoms with van der Waals surface area (Å²) in [6.45, 7) is 0. The van der Waals surface area contributed by atoms with Crippen LogP contribution in [0.4, 0.5) is 13.2 Å². The molecular weight excluding hydrogens is 249 g/mol. The first-order valence-corrected chi connectivity index (χ1v) is 4.39. The van der Waals surface area contributed by atoms with E-state index in [-0.39, 0.29) is 0 Å². The van der Waals surface area contributed by atoms with Gasteiger partial charge in [-0.15, -0.1) is 0 Å². The molecule has 3 nitrogen and oxygen atoms in total. The third-order valence-electron chi connectivity index (χ3n) is 1.89. The Balaban J connectivity index is 3.14. The molecule has 0 fully saturated rings. The molecule has 0 bridgehead atoms. The minimum Gasteiger partial charge on any atom is -0.477 e. The molecule has 0 saturated heterocycles. The number of alkyl halides is 2. The Kier molecular flexibility index (Phi) is 3.44. The van der Waals surface area contributed by atoms with Gasteiger partial charge in [0, 0.05) is 10.6 Å². The van der Waals surface area contributed by atoms with Crippen LogP contribution in [0.5, 0.6) is 0 Å². The lowest BCUT2D eigenvalue weighted by molar-refractivity contribution is -0.182. The summed E-state index contributed by atoms with van der Waals surface area (Å²) < 4.78 is 38.4. The molecule has 0 spiro atoms. The second-order valence-corrected chi connectivity index (χ2v) is 3.40. The third-order valence-corrected chi connectivity index (χ3v) is 2.21. The van der Waals surface area contributed by atoms with Crippen LogP contribution in [0, 0.1) is 5.82 Å². The van der Waals surface area contributed by atoms with Crippen molar-refractivity contribution < 1.29 is 28.2 Å². The summed E-state index contributed by atoms with van der Waals surface area (Å²) in [6.07, 6.45) is -2.63. The predicted molar refractivity (Wildman–Crippen MR) is 49.0 cm³/mol. The van der Waals surface area contributed by atoms with Gasteiger partial charge < -0.3 is 10.2 Å². The number of carbonyl (C=O) groups is 1. The summed E-state index contributed by atoms with van der Waals surface area (Å²) in [7, 11) is 0. The van der Waals surface area contributed by atoms with E-state index in [0.717, 1.165) is 12.1 Å². The molecule has 0 aromatic heterocycles. The fourth-order valence-corrected chi connectivity index (χ4v) is 1.31. The van der Waals surface area contributed by atoms with Gasteiger partial charge >= 0.3 is 11.9 Å². The fourth-order valence-electron chi connectivity index (χ4n) is 1.04. The maximum atomic E-state index is 12.9. The second-order valence-electron chi connectivity index (χ2n) is 3.00. The Morgan fingerprint density at radius 1 is 1.44 bits per heavy atom. The van der Waals surface area contributed by atoms with Gasteiger partial charge in [0.1, 0.15) is 5.82 Å². The number of benzene rings is 1. The topological polar surface area (TPSA) is 57.5 Å². The number of aliphatic carboxylic acids is 1. The maximum absolute atomic E-state index is 12.9. The Morgan fingerprint density at radius 3 is 2.44 bits per heavy atom. The molecule has 2 N–H and O–H groups in total. The van der Waals surface area contributed by atoms with E-state index in [1.165, 1.54) is 0 Å². The molecule has 0 amide bonds. The largest absolute Gasteiger partial charge is 0.477 e. The average molecular weight is 255 g/mol. The van der Waals surface area contributed by atoms with Crippen LogP contribution < -0.4 is 0 Å². The molecule has 7 heteroatoms. The highest BCUT2D eigenvalue weighted by atomic mass is 35.5. The fraction of sp³-hybridized carbons (Fsp3) is 0.222. The molecule has 88 valence electrons. The number of hydrogen-bond acceptors (Lipinski definition) is 2.